The topological polar surface area (TPSA) is 55.8 Å². The molecule has 5 heteroatoms. The van der Waals surface area contributed by atoms with Crippen molar-refractivity contribution in [1.82, 2.24) is 5.06 Å². The van der Waals surface area contributed by atoms with E-state index in [0.29, 0.717) is 6.42 Å². The zero-order valence-electron chi connectivity index (χ0n) is 14.1. The highest BCUT2D eigenvalue weighted by Gasteiger charge is 2.52. The first kappa shape index (κ1) is 17.1. The smallest absolute Gasteiger partial charge is 0.442 e. The molecule has 0 bridgehead atoms. The molecule has 0 aliphatic carbocycles. The van der Waals surface area contributed by atoms with E-state index in [1.165, 1.54) is 0 Å². The summed E-state index contributed by atoms with van der Waals surface area (Å²) in [6, 6.07) is 9.33. The first-order valence-corrected chi connectivity index (χ1v) is 7.57. The lowest BCUT2D eigenvalue weighted by Gasteiger charge is -2.25. The first-order chi connectivity index (χ1) is 10.6. The van der Waals surface area contributed by atoms with Crippen LogP contribution in [0.2, 0.25) is 0 Å². The Kier molecular flexibility index (Phi) is 4.50. The Hall–Kier alpha value is -2.30. The molecule has 0 unspecified atom stereocenters. The van der Waals surface area contributed by atoms with Crippen LogP contribution < -0.4 is 0 Å². The summed E-state index contributed by atoms with van der Waals surface area (Å²) in [6.07, 6.45) is -0.250. The molecule has 1 saturated heterocycles. The Morgan fingerprint density at radius 1 is 1.35 bits per heavy atom. The third-order valence-electron chi connectivity index (χ3n) is 3.52. The number of allylic oxidation sites excluding steroid dienone is 1. The summed E-state index contributed by atoms with van der Waals surface area (Å²) in [6.45, 7) is 11.2. The minimum Gasteiger partial charge on any atom is -0.442 e. The van der Waals surface area contributed by atoms with Crippen LogP contribution in [0, 0.1) is 0 Å². The average molecular weight is 317 g/mol. The number of rotatable bonds is 3. The number of hydroxylamine groups is 2. The summed E-state index contributed by atoms with van der Waals surface area (Å²) in [7, 11) is 0. The van der Waals surface area contributed by atoms with Gasteiger partial charge in [0.05, 0.1) is 6.54 Å². The van der Waals surface area contributed by atoms with Crippen molar-refractivity contribution in [3.63, 3.8) is 0 Å². The van der Waals surface area contributed by atoms with Crippen molar-refractivity contribution in [3.8, 4) is 0 Å². The number of hydrogen-bond donors (Lipinski definition) is 0. The Bertz CT molecular complexity index is 618. The van der Waals surface area contributed by atoms with Crippen LogP contribution in [0.5, 0.6) is 0 Å². The third kappa shape index (κ3) is 3.73. The molecule has 1 aromatic carbocycles. The molecule has 1 fully saturated rings. The monoisotopic (exact) mass is 317 g/mol. The average Bonchev–Trinajstić information content (AvgIpc) is 2.76. The summed E-state index contributed by atoms with van der Waals surface area (Å²) >= 11 is 0. The van der Waals surface area contributed by atoms with E-state index in [9.17, 15) is 9.59 Å². The number of ether oxygens (including phenoxy) is 1. The van der Waals surface area contributed by atoms with Crippen molar-refractivity contribution < 1.29 is 19.2 Å². The molecule has 1 atom stereocenters. The normalized spacial score (nSPS) is 21.0. The summed E-state index contributed by atoms with van der Waals surface area (Å²) in [4.78, 5) is 30.0. The molecule has 0 saturated carbocycles. The van der Waals surface area contributed by atoms with Gasteiger partial charge in [-0.3, -0.25) is 0 Å². The third-order valence-corrected chi connectivity index (χ3v) is 3.52. The van der Waals surface area contributed by atoms with Crippen molar-refractivity contribution in [2.45, 2.75) is 45.1 Å². The van der Waals surface area contributed by atoms with E-state index >= 15 is 0 Å². The number of benzene rings is 1. The minimum atomic E-state index is -0.940. The molecule has 2 rings (SSSR count). The fraction of sp³-hybridized carbons (Fsp3) is 0.444. The molecule has 1 aliphatic rings. The lowest BCUT2D eigenvalue weighted by Crippen LogP contribution is -2.39. The van der Waals surface area contributed by atoms with Gasteiger partial charge in [-0.05, 0) is 39.7 Å². The maximum absolute atomic E-state index is 12.6. The fourth-order valence-electron chi connectivity index (χ4n) is 2.66. The molecule has 1 aromatic rings. The van der Waals surface area contributed by atoms with Crippen molar-refractivity contribution in [3.05, 3.63) is 48.0 Å². The van der Waals surface area contributed by atoms with Crippen LogP contribution >= 0.6 is 0 Å². The van der Waals surface area contributed by atoms with Gasteiger partial charge in [0.2, 0.25) is 0 Å². The molecule has 0 aromatic heterocycles. The van der Waals surface area contributed by atoms with Crippen LogP contribution in [-0.2, 0) is 19.8 Å². The summed E-state index contributed by atoms with van der Waals surface area (Å²) < 4.78 is 5.29. The van der Waals surface area contributed by atoms with Gasteiger partial charge in [-0.2, -0.15) is 0 Å². The molecule has 5 nitrogen and oxygen atoms in total. The number of carbonyl (C=O) groups excluding carboxylic acids is 2. The van der Waals surface area contributed by atoms with E-state index in [1.54, 1.807) is 20.8 Å². The molecular weight excluding hydrogens is 294 g/mol. The van der Waals surface area contributed by atoms with Crippen LogP contribution in [0.4, 0.5) is 4.79 Å². The van der Waals surface area contributed by atoms with E-state index in [-0.39, 0.29) is 6.54 Å². The van der Waals surface area contributed by atoms with Gasteiger partial charge in [0.1, 0.15) is 11.0 Å². The van der Waals surface area contributed by atoms with Gasteiger partial charge in [0, 0.05) is 0 Å². The van der Waals surface area contributed by atoms with Crippen LogP contribution in [0.25, 0.3) is 0 Å². The van der Waals surface area contributed by atoms with Gasteiger partial charge in [-0.1, -0.05) is 35.9 Å². The van der Waals surface area contributed by atoms with Crippen molar-refractivity contribution >= 4 is 12.1 Å². The maximum Gasteiger partial charge on any atom is 0.443 e. The summed E-state index contributed by atoms with van der Waals surface area (Å²) in [5.74, 6) is -0.461. The zero-order valence-corrected chi connectivity index (χ0v) is 14.1. The van der Waals surface area contributed by atoms with Gasteiger partial charge in [0.25, 0.3) is 0 Å². The van der Waals surface area contributed by atoms with Gasteiger partial charge in [-0.15, -0.1) is 11.6 Å². The van der Waals surface area contributed by atoms with Crippen LogP contribution in [0.1, 0.15) is 39.7 Å². The second-order valence-electron chi connectivity index (χ2n) is 6.98. The van der Waals surface area contributed by atoms with E-state index < -0.39 is 23.1 Å². The quantitative estimate of drug-likeness (QED) is 0.799. The Balaban J connectivity index is 2.32. The predicted octanol–water partition coefficient (Wildman–Crippen LogP) is 3.60. The Morgan fingerprint density at radius 3 is 2.48 bits per heavy atom. The molecule has 1 aliphatic heterocycles. The van der Waals surface area contributed by atoms with Crippen molar-refractivity contribution in [2.75, 3.05) is 6.54 Å². The van der Waals surface area contributed by atoms with Crippen LogP contribution in [0.15, 0.2) is 42.5 Å². The van der Waals surface area contributed by atoms with E-state index in [2.05, 4.69) is 6.58 Å². The standard InChI is InChI=1S/C18H23NO4/c1-13(2)11-18(14-9-7-6-8-10-14)12-19(23-15(18)20)16(21)22-17(3,4)5/h6-10H,1,11-12H2,2-5H3/t18-/m1/s1. The van der Waals surface area contributed by atoms with Gasteiger partial charge in [0.15, 0.2) is 0 Å². The van der Waals surface area contributed by atoms with Gasteiger partial charge < -0.3 is 9.57 Å². The largest absolute Gasteiger partial charge is 0.443 e. The second kappa shape index (κ2) is 6.07. The van der Waals surface area contributed by atoms with E-state index in [4.69, 9.17) is 9.57 Å². The molecule has 0 radical (unpaired) electrons. The van der Waals surface area contributed by atoms with Gasteiger partial charge in [-0.25, -0.2) is 9.59 Å². The lowest BCUT2D eigenvalue weighted by molar-refractivity contribution is -0.167. The Morgan fingerprint density at radius 2 is 1.96 bits per heavy atom. The fourth-order valence-corrected chi connectivity index (χ4v) is 2.66. The number of hydrogen-bond acceptors (Lipinski definition) is 4. The van der Waals surface area contributed by atoms with Crippen molar-refractivity contribution in [2.24, 2.45) is 0 Å². The van der Waals surface area contributed by atoms with Crippen LogP contribution in [0.3, 0.4) is 0 Å². The Labute approximate surface area is 136 Å². The number of amides is 1. The van der Waals surface area contributed by atoms with Gasteiger partial charge >= 0.3 is 12.1 Å². The molecule has 0 spiro atoms. The minimum absolute atomic E-state index is 0.109. The zero-order chi connectivity index (χ0) is 17.3. The molecule has 1 heterocycles. The summed E-state index contributed by atoms with van der Waals surface area (Å²) in [5, 5.41) is 1.00. The molecule has 1 amide bonds. The number of nitrogens with zero attached hydrogens (tertiary/aromatic N) is 1. The van der Waals surface area contributed by atoms with Crippen LogP contribution in [-0.4, -0.2) is 29.3 Å². The molecule has 23 heavy (non-hydrogen) atoms. The molecular formula is C18H23NO4. The highest BCUT2D eigenvalue weighted by atomic mass is 16.8. The molecule has 0 N–H and O–H groups in total. The summed E-state index contributed by atoms with van der Waals surface area (Å²) in [5.41, 5.74) is 0.0516. The lowest BCUT2D eigenvalue weighted by atomic mass is 9.76. The maximum atomic E-state index is 12.6. The number of carbonyl (C=O) groups is 2. The van der Waals surface area contributed by atoms with E-state index in [0.717, 1.165) is 16.2 Å². The van der Waals surface area contributed by atoms with E-state index in [1.807, 2.05) is 37.3 Å². The highest BCUT2D eigenvalue weighted by Crippen LogP contribution is 2.38. The van der Waals surface area contributed by atoms with Crippen molar-refractivity contribution in [1.29, 1.82) is 0 Å². The SMILES string of the molecule is C=C(C)C[C@]1(c2ccccc2)CN(C(=O)OC(C)(C)C)OC1=O. The second-order valence-corrected chi connectivity index (χ2v) is 6.98. The first-order valence-electron chi connectivity index (χ1n) is 7.57. The predicted molar refractivity (Wildman–Crippen MR) is 86.6 cm³/mol. The highest BCUT2D eigenvalue weighted by molar-refractivity contribution is 5.88. The molecule has 124 valence electrons.